The number of sulfonamides is 1. The minimum Gasteiger partial charge on any atom is -0.316 e. The average molecular weight is 280 g/mol. The minimum atomic E-state index is -3.10. The van der Waals surface area contributed by atoms with E-state index in [9.17, 15) is 8.42 Å². The molecule has 1 rings (SSSR count). The predicted molar refractivity (Wildman–Crippen MR) is 75.0 cm³/mol. The van der Waals surface area contributed by atoms with Gasteiger partial charge in [-0.3, -0.25) is 0 Å². The summed E-state index contributed by atoms with van der Waals surface area (Å²) in [6.07, 6.45) is 4.11. The summed E-state index contributed by atoms with van der Waals surface area (Å²) in [6, 6.07) is 0.0755. The van der Waals surface area contributed by atoms with E-state index in [2.05, 4.69) is 5.32 Å². The van der Waals surface area contributed by atoms with E-state index in [1.807, 2.05) is 13.2 Å². The zero-order chi connectivity index (χ0) is 12.9. The van der Waals surface area contributed by atoms with Gasteiger partial charge in [0.1, 0.15) is 0 Å². The van der Waals surface area contributed by atoms with Gasteiger partial charge in [-0.2, -0.15) is 11.8 Å². The van der Waals surface area contributed by atoms with E-state index in [4.69, 9.17) is 0 Å². The van der Waals surface area contributed by atoms with Crippen molar-refractivity contribution in [1.29, 1.82) is 0 Å². The van der Waals surface area contributed by atoms with Gasteiger partial charge in [0.05, 0.1) is 5.75 Å². The molecule has 1 fully saturated rings. The first-order valence-electron chi connectivity index (χ1n) is 6.12. The lowest BCUT2D eigenvalue weighted by Gasteiger charge is -2.28. The molecule has 0 aliphatic carbocycles. The maximum atomic E-state index is 12.2. The van der Waals surface area contributed by atoms with Crippen molar-refractivity contribution in [2.24, 2.45) is 5.92 Å². The molecule has 1 N–H and O–H groups in total. The number of piperidine rings is 1. The van der Waals surface area contributed by atoms with Gasteiger partial charge in [-0.05, 0) is 45.0 Å². The largest absolute Gasteiger partial charge is 0.316 e. The number of nitrogens with zero attached hydrogens (tertiary/aromatic N) is 1. The molecule has 1 aliphatic heterocycles. The van der Waals surface area contributed by atoms with Gasteiger partial charge in [0.2, 0.25) is 10.0 Å². The van der Waals surface area contributed by atoms with Crippen molar-refractivity contribution in [3.05, 3.63) is 0 Å². The van der Waals surface area contributed by atoms with Crippen LogP contribution in [-0.2, 0) is 10.0 Å². The molecule has 0 aromatic heterocycles. The second kappa shape index (κ2) is 6.97. The number of hydrogen-bond donors (Lipinski definition) is 1. The van der Waals surface area contributed by atoms with Crippen molar-refractivity contribution in [2.45, 2.75) is 25.8 Å². The molecular formula is C11H24N2O2S2. The number of rotatable bonds is 6. The van der Waals surface area contributed by atoms with Gasteiger partial charge in [0.25, 0.3) is 0 Å². The van der Waals surface area contributed by atoms with Crippen molar-refractivity contribution in [3.8, 4) is 0 Å². The van der Waals surface area contributed by atoms with Crippen molar-refractivity contribution in [3.63, 3.8) is 0 Å². The van der Waals surface area contributed by atoms with Crippen LogP contribution in [0, 0.1) is 5.92 Å². The highest BCUT2D eigenvalue weighted by atomic mass is 32.2. The molecule has 2 atom stereocenters. The molecule has 0 amide bonds. The van der Waals surface area contributed by atoms with Gasteiger partial charge >= 0.3 is 0 Å². The second-order valence-electron chi connectivity index (χ2n) is 4.81. The van der Waals surface area contributed by atoms with Gasteiger partial charge in [-0.1, -0.05) is 0 Å². The Kier molecular flexibility index (Phi) is 6.26. The molecule has 0 radical (unpaired) electrons. The predicted octanol–water partition coefficient (Wildman–Crippen LogP) is 0.999. The normalized spacial score (nSPS) is 23.9. The van der Waals surface area contributed by atoms with Gasteiger partial charge in [0, 0.05) is 18.8 Å². The first kappa shape index (κ1) is 15.3. The molecule has 4 nitrogen and oxygen atoms in total. The lowest BCUT2D eigenvalue weighted by Crippen LogP contribution is -2.42. The fraction of sp³-hybridized carbons (Fsp3) is 1.00. The van der Waals surface area contributed by atoms with E-state index in [0.29, 0.717) is 0 Å². The Morgan fingerprint density at radius 2 is 2.24 bits per heavy atom. The fourth-order valence-electron chi connectivity index (χ4n) is 2.10. The van der Waals surface area contributed by atoms with Crippen molar-refractivity contribution in [1.82, 2.24) is 9.62 Å². The highest BCUT2D eigenvalue weighted by molar-refractivity contribution is 7.98. The van der Waals surface area contributed by atoms with E-state index in [1.165, 1.54) is 4.31 Å². The van der Waals surface area contributed by atoms with Gasteiger partial charge in [0.15, 0.2) is 0 Å². The van der Waals surface area contributed by atoms with Crippen LogP contribution in [0.25, 0.3) is 0 Å². The van der Waals surface area contributed by atoms with Crippen LogP contribution in [0.5, 0.6) is 0 Å². The fourth-order valence-corrected chi connectivity index (χ4v) is 4.64. The van der Waals surface area contributed by atoms with Crippen LogP contribution < -0.4 is 5.32 Å². The van der Waals surface area contributed by atoms with Crippen LogP contribution in [0.3, 0.4) is 0 Å². The van der Waals surface area contributed by atoms with E-state index in [1.54, 1.807) is 18.8 Å². The summed E-state index contributed by atoms with van der Waals surface area (Å²) in [5.74, 6) is 1.41. The molecule has 1 saturated heterocycles. The van der Waals surface area contributed by atoms with E-state index in [-0.39, 0.29) is 17.7 Å². The molecular weight excluding hydrogens is 256 g/mol. The SMILES string of the molecule is CSCC(C)N(C)S(=O)(=O)CC1CCCNC1. The van der Waals surface area contributed by atoms with E-state index >= 15 is 0 Å². The Morgan fingerprint density at radius 1 is 1.53 bits per heavy atom. The Hall–Kier alpha value is 0.220. The number of thioether (sulfide) groups is 1. The van der Waals surface area contributed by atoms with Gasteiger partial charge in [-0.15, -0.1) is 0 Å². The average Bonchev–Trinajstić information content (AvgIpc) is 2.29. The highest BCUT2D eigenvalue weighted by Crippen LogP contribution is 2.16. The second-order valence-corrected chi connectivity index (χ2v) is 7.80. The third-order valence-electron chi connectivity index (χ3n) is 3.31. The summed E-state index contributed by atoms with van der Waals surface area (Å²) in [7, 11) is -1.40. The number of nitrogens with one attached hydrogen (secondary N) is 1. The summed E-state index contributed by atoms with van der Waals surface area (Å²) >= 11 is 1.68. The van der Waals surface area contributed by atoms with Crippen LogP contribution in [0.15, 0.2) is 0 Å². The molecule has 1 aliphatic rings. The van der Waals surface area contributed by atoms with Crippen molar-refractivity contribution in [2.75, 3.05) is 37.9 Å². The van der Waals surface area contributed by atoms with Crippen LogP contribution in [-0.4, -0.2) is 56.7 Å². The van der Waals surface area contributed by atoms with Gasteiger partial charge in [-0.25, -0.2) is 12.7 Å². The Bertz CT molecular complexity index is 313. The van der Waals surface area contributed by atoms with Crippen molar-refractivity contribution >= 4 is 21.8 Å². The van der Waals surface area contributed by atoms with Crippen LogP contribution in [0.2, 0.25) is 0 Å². The summed E-state index contributed by atoms with van der Waals surface area (Å²) in [5, 5.41) is 3.26. The molecule has 102 valence electrons. The zero-order valence-electron chi connectivity index (χ0n) is 11.0. The number of hydrogen-bond acceptors (Lipinski definition) is 4. The Morgan fingerprint density at radius 3 is 2.76 bits per heavy atom. The molecule has 17 heavy (non-hydrogen) atoms. The lowest BCUT2D eigenvalue weighted by atomic mass is 10.0. The first-order valence-corrected chi connectivity index (χ1v) is 9.13. The van der Waals surface area contributed by atoms with Crippen LogP contribution in [0.1, 0.15) is 19.8 Å². The molecule has 0 spiro atoms. The van der Waals surface area contributed by atoms with Crippen LogP contribution >= 0.6 is 11.8 Å². The third kappa shape index (κ3) is 4.77. The van der Waals surface area contributed by atoms with E-state index < -0.39 is 10.0 Å². The molecule has 0 bridgehead atoms. The summed E-state index contributed by atoms with van der Waals surface area (Å²) in [4.78, 5) is 0. The van der Waals surface area contributed by atoms with Crippen molar-refractivity contribution < 1.29 is 8.42 Å². The minimum absolute atomic E-state index is 0.0755. The highest BCUT2D eigenvalue weighted by Gasteiger charge is 2.27. The monoisotopic (exact) mass is 280 g/mol. The molecule has 0 saturated carbocycles. The molecule has 6 heteroatoms. The smallest absolute Gasteiger partial charge is 0.214 e. The first-order chi connectivity index (χ1) is 7.97. The third-order valence-corrected chi connectivity index (χ3v) is 6.26. The standard InChI is InChI=1S/C11H24N2O2S2/c1-10(8-16-3)13(2)17(14,15)9-11-5-4-6-12-7-11/h10-12H,4-9H2,1-3H3. The maximum Gasteiger partial charge on any atom is 0.214 e. The Balaban J connectivity index is 2.54. The summed E-state index contributed by atoms with van der Waals surface area (Å²) in [5.41, 5.74) is 0. The summed E-state index contributed by atoms with van der Waals surface area (Å²) in [6.45, 7) is 3.83. The molecule has 0 aromatic rings. The molecule has 1 heterocycles. The Labute approximate surface area is 110 Å². The quantitative estimate of drug-likeness (QED) is 0.788. The lowest BCUT2D eigenvalue weighted by molar-refractivity contribution is 0.378. The zero-order valence-corrected chi connectivity index (χ0v) is 12.6. The summed E-state index contributed by atoms with van der Waals surface area (Å²) < 4.78 is 25.9. The van der Waals surface area contributed by atoms with Crippen LogP contribution in [0.4, 0.5) is 0 Å². The molecule has 2 unspecified atom stereocenters. The van der Waals surface area contributed by atoms with Gasteiger partial charge < -0.3 is 5.32 Å². The maximum absolute atomic E-state index is 12.2. The molecule has 0 aromatic carbocycles. The topological polar surface area (TPSA) is 49.4 Å². The van der Waals surface area contributed by atoms with E-state index in [0.717, 1.165) is 31.7 Å².